The van der Waals surface area contributed by atoms with E-state index in [1.807, 2.05) is 0 Å². The Morgan fingerprint density at radius 2 is 1.76 bits per heavy atom. The van der Waals surface area contributed by atoms with Crippen molar-refractivity contribution in [2.45, 2.75) is 70.5 Å². The quantitative estimate of drug-likeness (QED) is 0.315. The first-order valence-corrected chi connectivity index (χ1v) is 6.38. The molecule has 4 nitrogen and oxygen atoms in total. The molecule has 0 radical (unpaired) electrons. The Hall–Kier alpha value is -0.320. The first-order valence-electron chi connectivity index (χ1n) is 6.00. The number of carboxylic acids is 1. The Bertz CT molecular complexity index is 237. The van der Waals surface area contributed by atoms with Crippen LogP contribution in [-0.2, 0) is 14.6 Å². The average Bonchev–Trinajstić information content (AvgIpc) is 2.20. The molecule has 0 aliphatic heterocycles. The van der Waals surface area contributed by atoms with Crippen LogP contribution in [0.4, 0.5) is 0 Å². The molecule has 0 heterocycles. The fourth-order valence-corrected chi connectivity index (χ4v) is 1.32. The third-order valence-electron chi connectivity index (χ3n) is 2.10. The van der Waals surface area contributed by atoms with Crippen LogP contribution in [0.25, 0.3) is 0 Å². The number of halogens is 1. The third kappa shape index (κ3) is 7.58. The van der Waals surface area contributed by atoms with Gasteiger partial charge in [-0.15, -0.1) is 0 Å². The minimum Gasteiger partial charge on any atom is -0.478 e. The van der Waals surface area contributed by atoms with Crippen molar-refractivity contribution in [3.8, 4) is 0 Å². The summed E-state index contributed by atoms with van der Waals surface area (Å²) in [6, 6.07) is 0. The zero-order chi connectivity index (χ0) is 13.5. The first-order chi connectivity index (χ1) is 7.71. The van der Waals surface area contributed by atoms with Crippen molar-refractivity contribution in [1.82, 2.24) is 0 Å². The van der Waals surface area contributed by atoms with E-state index in [1.165, 1.54) is 0 Å². The molecule has 0 fully saturated rings. The molecule has 17 heavy (non-hydrogen) atoms. The van der Waals surface area contributed by atoms with Gasteiger partial charge in [-0.2, -0.15) is 0 Å². The lowest BCUT2D eigenvalue weighted by Gasteiger charge is -2.26. The summed E-state index contributed by atoms with van der Waals surface area (Å²) in [6.45, 7) is 7.39. The maximum atomic E-state index is 11.1. The molecule has 0 saturated heterocycles. The standard InChI is InChI=1S/C12H23ClO4/c1-5-6-7-8-9-12(13,10(14)15)17-16-11(2,3)4/h5-9H2,1-4H3,(H,14,15). The summed E-state index contributed by atoms with van der Waals surface area (Å²) < 4.78 is 0. The van der Waals surface area contributed by atoms with Crippen molar-refractivity contribution in [3.05, 3.63) is 0 Å². The second-order valence-corrected chi connectivity index (χ2v) is 5.73. The highest BCUT2D eigenvalue weighted by Crippen LogP contribution is 2.27. The van der Waals surface area contributed by atoms with Crippen LogP contribution in [0.1, 0.15) is 59.8 Å². The van der Waals surface area contributed by atoms with Gasteiger partial charge in [0.15, 0.2) is 0 Å². The summed E-state index contributed by atoms with van der Waals surface area (Å²) in [5.41, 5.74) is -0.584. The Morgan fingerprint density at radius 3 is 2.18 bits per heavy atom. The van der Waals surface area contributed by atoms with Crippen LogP contribution in [0.5, 0.6) is 0 Å². The number of hydrogen-bond donors (Lipinski definition) is 1. The molecule has 1 N–H and O–H groups in total. The van der Waals surface area contributed by atoms with Crippen molar-refractivity contribution >= 4 is 17.6 Å². The number of carbonyl (C=O) groups is 1. The molecule has 0 aliphatic carbocycles. The Morgan fingerprint density at radius 1 is 1.18 bits per heavy atom. The first kappa shape index (κ1) is 16.7. The van der Waals surface area contributed by atoms with E-state index in [2.05, 4.69) is 6.92 Å². The number of aliphatic carboxylic acids is 1. The van der Waals surface area contributed by atoms with E-state index in [4.69, 9.17) is 26.5 Å². The molecule has 0 spiro atoms. The van der Waals surface area contributed by atoms with E-state index in [1.54, 1.807) is 20.8 Å². The van der Waals surface area contributed by atoms with Gasteiger partial charge in [0.2, 0.25) is 0 Å². The van der Waals surface area contributed by atoms with Gasteiger partial charge in [-0.1, -0.05) is 37.8 Å². The summed E-state index contributed by atoms with van der Waals surface area (Å²) in [4.78, 5) is 21.0. The smallest absolute Gasteiger partial charge is 0.355 e. The van der Waals surface area contributed by atoms with Gasteiger partial charge < -0.3 is 5.11 Å². The lowest BCUT2D eigenvalue weighted by Crippen LogP contribution is -2.38. The summed E-state index contributed by atoms with van der Waals surface area (Å²) in [5, 5.41) is 7.27. The zero-order valence-electron chi connectivity index (χ0n) is 11.1. The van der Waals surface area contributed by atoms with E-state index in [0.717, 1.165) is 19.3 Å². The molecule has 102 valence electrons. The topological polar surface area (TPSA) is 55.8 Å². The highest BCUT2D eigenvalue weighted by Gasteiger charge is 2.39. The van der Waals surface area contributed by atoms with Gasteiger partial charge in [-0.05, 0) is 27.2 Å². The van der Waals surface area contributed by atoms with E-state index in [0.29, 0.717) is 6.42 Å². The lowest BCUT2D eigenvalue weighted by atomic mass is 10.1. The van der Waals surface area contributed by atoms with Gasteiger partial charge in [0.1, 0.15) is 0 Å². The number of carboxylic acid groups (broad SMARTS) is 1. The fraction of sp³-hybridized carbons (Fsp3) is 0.917. The summed E-state index contributed by atoms with van der Waals surface area (Å²) >= 11 is 5.91. The number of hydrogen-bond acceptors (Lipinski definition) is 3. The molecule has 0 aromatic heterocycles. The largest absolute Gasteiger partial charge is 0.478 e. The molecule has 1 unspecified atom stereocenters. The predicted molar refractivity (Wildman–Crippen MR) is 66.9 cm³/mol. The highest BCUT2D eigenvalue weighted by molar-refractivity contribution is 6.32. The number of alkyl halides is 1. The third-order valence-corrected chi connectivity index (χ3v) is 2.51. The minimum atomic E-state index is -1.78. The SMILES string of the molecule is CCCCCCC(Cl)(OOC(C)(C)C)C(=O)O. The van der Waals surface area contributed by atoms with Crippen molar-refractivity contribution in [1.29, 1.82) is 0 Å². The minimum absolute atomic E-state index is 0.236. The highest BCUT2D eigenvalue weighted by atomic mass is 35.5. The molecular weight excluding hydrogens is 244 g/mol. The van der Waals surface area contributed by atoms with Crippen LogP contribution >= 0.6 is 11.6 Å². The van der Waals surface area contributed by atoms with Crippen molar-refractivity contribution in [2.24, 2.45) is 0 Å². The van der Waals surface area contributed by atoms with Crippen LogP contribution in [0, 0.1) is 0 Å². The maximum absolute atomic E-state index is 11.1. The van der Waals surface area contributed by atoms with E-state index in [9.17, 15) is 4.79 Å². The van der Waals surface area contributed by atoms with Gasteiger partial charge in [0, 0.05) is 6.42 Å². The Kier molecular flexibility index (Phi) is 7.05. The molecule has 0 saturated carbocycles. The molecule has 0 aromatic carbocycles. The monoisotopic (exact) mass is 266 g/mol. The molecule has 0 bridgehead atoms. The van der Waals surface area contributed by atoms with Crippen LogP contribution < -0.4 is 0 Å². The number of unbranched alkanes of at least 4 members (excludes halogenated alkanes) is 3. The van der Waals surface area contributed by atoms with Crippen LogP contribution in [0.3, 0.4) is 0 Å². The second-order valence-electron chi connectivity index (χ2n) is 5.12. The van der Waals surface area contributed by atoms with Gasteiger partial charge in [-0.3, -0.25) is 0 Å². The van der Waals surface area contributed by atoms with Gasteiger partial charge in [-0.25, -0.2) is 14.6 Å². The normalized spacial score (nSPS) is 15.6. The molecule has 0 amide bonds. The van der Waals surface area contributed by atoms with Crippen LogP contribution in [-0.4, -0.2) is 21.7 Å². The Labute approximate surface area is 108 Å². The van der Waals surface area contributed by atoms with Crippen molar-refractivity contribution in [2.75, 3.05) is 0 Å². The van der Waals surface area contributed by atoms with Gasteiger partial charge in [0.25, 0.3) is 5.06 Å². The van der Waals surface area contributed by atoms with Gasteiger partial charge in [0.05, 0.1) is 5.60 Å². The predicted octanol–water partition coefficient (Wildman–Crippen LogP) is 3.72. The zero-order valence-corrected chi connectivity index (χ0v) is 11.8. The fourth-order valence-electron chi connectivity index (χ4n) is 1.15. The average molecular weight is 267 g/mol. The van der Waals surface area contributed by atoms with Crippen LogP contribution in [0.2, 0.25) is 0 Å². The summed E-state index contributed by atoms with van der Waals surface area (Å²) in [5.74, 6) is -1.21. The van der Waals surface area contributed by atoms with Gasteiger partial charge >= 0.3 is 5.97 Å². The molecule has 0 aromatic rings. The van der Waals surface area contributed by atoms with Crippen molar-refractivity contribution in [3.63, 3.8) is 0 Å². The van der Waals surface area contributed by atoms with Crippen LogP contribution in [0.15, 0.2) is 0 Å². The molecule has 0 rings (SSSR count). The van der Waals surface area contributed by atoms with E-state index >= 15 is 0 Å². The van der Waals surface area contributed by atoms with E-state index in [-0.39, 0.29) is 6.42 Å². The Balaban J connectivity index is 4.22. The molecule has 5 heteroatoms. The number of rotatable bonds is 8. The summed E-state index contributed by atoms with van der Waals surface area (Å²) in [6.07, 6.45) is 4.03. The maximum Gasteiger partial charge on any atom is 0.355 e. The molecule has 1 atom stereocenters. The summed E-state index contributed by atoms with van der Waals surface area (Å²) in [7, 11) is 0. The second kappa shape index (κ2) is 7.19. The van der Waals surface area contributed by atoms with Crippen molar-refractivity contribution < 1.29 is 19.7 Å². The molecular formula is C12H23ClO4. The lowest BCUT2D eigenvalue weighted by molar-refractivity contribution is -0.379. The molecule has 0 aliphatic rings. The van der Waals surface area contributed by atoms with E-state index < -0.39 is 16.6 Å².